The minimum atomic E-state index is -0.282. The molecule has 0 bridgehead atoms. The molecule has 1 aromatic carbocycles. The van der Waals surface area contributed by atoms with Gasteiger partial charge in [-0.3, -0.25) is 4.79 Å². The number of nitrogens with one attached hydrogen (secondary N) is 1. The van der Waals surface area contributed by atoms with Crippen molar-refractivity contribution in [1.29, 1.82) is 0 Å². The molecule has 88 valence electrons. The van der Waals surface area contributed by atoms with Crippen molar-refractivity contribution in [2.45, 2.75) is 20.8 Å². The third kappa shape index (κ3) is 2.72. The van der Waals surface area contributed by atoms with Crippen molar-refractivity contribution in [2.24, 2.45) is 0 Å². The first-order valence-corrected chi connectivity index (χ1v) is 5.36. The highest BCUT2D eigenvalue weighted by atomic mass is 16.4. The summed E-state index contributed by atoms with van der Waals surface area (Å²) in [6.07, 6.45) is 1.42. The first-order chi connectivity index (χ1) is 8.04. The lowest BCUT2D eigenvalue weighted by Gasteiger charge is -2.05. The van der Waals surface area contributed by atoms with E-state index in [-0.39, 0.29) is 11.7 Å². The van der Waals surface area contributed by atoms with Crippen molar-refractivity contribution in [1.82, 2.24) is 4.98 Å². The third-order valence-electron chi connectivity index (χ3n) is 2.32. The first kappa shape index (κ1) is 11.4. The number of amides is 1. The number of aryl methyl sites for hydroxylation is 3. The van der Waals surface area contributed by atoms with Gasteiger partial charge in [0.2, 0.25) is 5.76 Å². The monoisotopic (exact) mass is 230 g/mol. The normalized spacial score (nSPS) is 10.3. The van der Waals surface area contributed by atoms with Crippen LogP contribution < -0.4 is 5.32 Å². The van der Waals surface area contributed by atoms with Gasteiger partial charge in [0.05, 0.1) is 6.20 Å². The zero-order valence-corrected chi connectivity index (χ0v) is 10.1. The summed E-state index contributed by atoms with van der Waals surface area (Å²) in [5, 5.41) is 2.78. The Morgan fingerprint density at radius 3 is 2.35 bits per heavy atom. The van der Waals surface area contributed by atoms with E-state index in [4.69, 9.17) is 4.42 Å². The molecule has 1 aromatic heterocycles. The topological polar surface area (TPSA) is 55.1 Å². The molecule has 4 heteroatoms. The number of aromatic nitrogens is 1. The molecule has 0 aliphatic heterocycles. The molecule has 1 N–H and O–H groups in total. The van der Waals surface area contributed by atoms with Gasteiger partial charge in [-0.1, -0.05) is 6.07 Å². The van der Waals surface area contributed by atoms with Crippen LogP contribution in [0.3, 0.4) is 0 Å². The summed E-state index contributed by atoms with van der Waals surface area (Å²) in [6, 6.07) is 5.87. The first-order valence-electron chi connectivity index (χ1n) is 5.36. The van der Waals surface area contributed by atoms with Crippen LogP contribution in [0.15, 0.2) is 28.8 Å². The summed E-state index contributed by atoms with van der Waals surface area (Å²) in [4.78, 5) is 15.7. The van der Waals surface area contributed by atoms with Crippen LogP contribution in [0, 0.1) is 20.8 Å². The van der Waals surface area contributed by atoms with Crippen LogP contribution in [-0.2, 0) is 0 Å². The zero-order valence-electron chi connectivity index (χ0n) is 10.1. The molecule has 1 heterocycles. The Balaban J connectivity index is 2.18. The number of hydrogen-bond acceptors (Lipinski definition) is 3. The average molecular weight is 230 g/mol. The summed E-state index contributed by atoms with van der Waals surface area (Å²) in [6.45, 7) is 5.68. The molecule has 0 aliphatic carbocycles. The second kappa shape index (κ2) is 4.41. The number of benzene rings is 1. The number of nitrogens with zero attached hydrogens (tertiary/aromatic N) is 1. The highest BCUT2D eigenvalue weighted by Gasteiger charge is 2.11. The maximum Gasteiger partial charge on any atom is 0.293 e. The van der Waals surface area contributed by atoms with E-state index in [1.807, 2.05) is 32.0 Å². The number of oxazole rings is 1. The number of hydrogen-bond donors (Lipinski definition) is 1. The van der Waals surface area contributed by atoms with Gasteiger partial charge in [-0.15, -0.1) is 0 Å². The van der Waals surface area contributed by atoms with Crippen LogP contribution >= 0.6 is 0 Å². The molecule has 17 heavy (non-hydrogen) atoms. The molecule has 1 amide bonds. The fourth-order valence-corrected chi connectivity index (χ4v) is 1.71. The van der Waals surface area contributed by atoms with Gasteiger partial charge in [0.1, 0.15) is 0 Å². The second-order valence-electron chi connectivity index (χ2n) is 4.07. The molecular formula is C13H14N2O2. The zero-order chi connectivity index (χ0) is 12.4. The number of rotatable bonds is 2. The van der Waals surface area contributed by atoms with Crippen molar-refractivity contribution >= 4 is 11.6 Å². The Morgan fingerprint density at radius 2 is 1.82 bits per heavy atom. The van der Waals surface area contributed by atoms with Gasteiger partial charge >= 0.3 is 0 Å². The van der Waals surface area contributed by atoms with Gasteiger partial charge in [0.25, 0.3) is 5.91 Å². The van der Waals surface area contributed by atoms with Gasteiger partial charge in [-0.2, -0.15) is 0 Å². The Kier molecular flexibility index (Phi) is 2.95. The Labute approximate surface area is 99.7 Å². The molecule has 0 fully saturated rings. The lowest BCUT2D eigenvalue weighted by Crippen LogP contribution is -2.11. The van der Waals surface area contributed by atoms with E-state index in [0.717, 1.165) is 16.8 Å². The van der Waals surface area contributed by atoms with E-state index in [0.29, 0.717) is 5.89 Å². The summed E-state index contributed by atoms with van der Waals surface area (Å²) >= 11 is 0. The molecule has 0 saturated heterocycles. The molecule has 0 unspecified atom stereocenters. The van der Waals surface area contributed by atoms with Gasteiger partial charge in [-0.05, 0) is 37.1 Å². The number of anilines is 1. The Hall–Kier alpha value is -2.10. The predicted octanol–water partition coefficient (Wildman–Crippen LogP) is 2.85. The van der Waals surface area contributed by atoms with Gasteiger partial charge in [-0.25, -0.2) is 4.98 Å². The van der Waals surface area contributed by atoms with Crippen molar-refractivity contribution in [3.05, 3.63) is 47.2 Å². The summed E-state index contributed by atoms with van der Waals surface area (Å²) in [7, 11) is 0. The maximum absolute atomic E-state index is 11.8. The van der Waals surface area contributed by atoms with Gasteiger partial charge < -0.3 is 9.73 Å². The SMILES string of the molecule is Cc1cc(C)cc(NC(=O)c2cnc(C)o2)c1. The highest BCUT2D eigenvalue weighted by molar-refractivity contribution is 6.02. The Morgan fingerprint density at radius 1 is 1.18 bits per heavy atom. The van der Waals surface area contributed by atoms with Crippen LogP contribution in [-0.4, -0.2) is 10.9 Å². The predicted molar refractivity (Wildman–Crippen MR) is 65.1 cm³/mol. The number of carbonyl (C=O) groups is 1. The lowest BCUT2D eigenvalue weighted by molar-refractivity contribution is 0.0995. The van der Waals surface area contributed by atoms with Crippen molar-refractivity contribution in [3.63, 3.8) is 0 Å². The molecule has 2 rings (SSSR count). The molecule has 0 atom stereocenters. The summed E-state index contributed by atoms with van der Waals surface area (Å²) in [5.74, 6) is 0.424. The quantitative estimate of drug-likeness (QED) is 0.863. The maximum atomic E-state index is 11.8. The number of carbonyl (C=O) groups excluding carboxylic acids is 1. The van der Waals surface area contributed by atoms with E-state index in [1.165, 1.54) is 6.20 Å². The largest absolute Gasteiger partial charge is 0.436 e. The molecule has 0 saturated carbocycles. The molecule has 4 nitrogen and oxygen atoms in total. The van der Waals surface area contributed by atoms with E-state index in [2.05, 4.69) is 10.3 Å². The minimum Gasteiger partial charge on any atom is -0.436 e. The van der Waals surface area contributed by atoms with Crippen molar-refractivity contribution in [3.8, 4) is 0 Å². The second-order valence-corrected chi connectivity index (χ2v) is 4.07. The fourth-order valence-electron chi connectivity index (χ4n) is 1.71. The summed E-state index contributed by atoms with van der Waals surface area (Å²) in [5.41, 5.74) is 2.98. The highest BCUT2D eigenvalue weighted by Crippen LogP contribution is 2.15. The van der Waals surface area contributed by atoms with Crippen molar-refractivity contribution < 1.29 is 9.21 Å². The standard InChI is InChI=1S/C13H14N2O2/c1-8-4-9(2)6-11(5-8)15-13(16)12-7-14-10(3)17-12/h4-7H,1-3H3,(H,15,16). The van der Waals surface area contributed by atoms with E-state index >= 15 is 0 Å². The van der Waals surface area contributed by atoms with Crippen LogP contribution in [0.5, 0.6) is 0 Å². The van der Waals surface area contributed by atoms with E-state index in [9.17, 15) is 4.79 Å². The smallest absolute Gasteiger partial charge is 0.293 e. The molecular weight excluding hydrogens is 216 g/mol. The molecule has 0 aliphatic rings. The van der Waals surface area contributed by atoms with Crippen molar-refractivity contribution in [2.75, 3.05) is 5.32 Å². The van der Waals surface area contributed by atoms with Gasteiger partial charge in [0, 0.05) is 12.6 Å². The van der Waals surface area contributed by atoms with Crippen LogP contribution in [0.2, 0.25) is 0 Å². The van der Waals surface area contributed by atoms with Crippen LogP contribution in [0.4, 0.5) is 5.69 Å². The molecule has 0 radical (unpaired) electrons. The van der Waals surface area contributed by atoms with Crippen LogP contribution in [0.1, 0.15) is 27.6 Å². The Bertz CT molecular complexity index is 538. The fraction of sp³-hybridized carbons (Fsp3) is 0.231. The minimum absolute atomic E-state index is 0.224. The average Bonchev–Trinajstić information content (AvgIpc) is 2.63. The van der Waals surface area contributed by atoms with Crippen LogP contribution in [0.25, 0.3) is 0 Å². The summed E-state index contributed by atoms with van der Waals surface area (Å²) < 4.78 is 5.15. The lowest BCUT2D eigenvalue weighted by atomic mass is 10.1. The third-order valence-corrected chi connectivity index (χ3v) is 2.32. The molecule has 2 aromatic rings. The van der Waals surface area contributed by atoms with Gasteiger partial charge in [0.15, 0.2) is 5.89 Å². The van der Waals surface area contributed by atoms with E-state index < -0.39 is 0 Å². The molecule has 0 spiro atoms. The van der Waals surface area contributed by atoms with E-state index in [1.54, 1.807) is 6.92 Å².